The van der Waals surface area contributed by atoms with E-state index in [1.807, 2.05) is 0 Å². The summed E-state index contributed by atoms with van der Waals surface area (Å²) in [6.07, 6.45) is -18.7. The maximum Gasteiger partial charge on any atom is 0.573 e. The van der Waals surface area contributed by atoms with Crippen LogP contribution in [0.1, 0.15) is 33.2 Å². The Labute approximate surface area is 254 Å². The Kier molecular flexibility index (Phi) is 10.2. The van der Waals surface area contributed by atoms with Crippen LogP contribution in [0.15, 0.2) is 54.6 Å². The van der Waals surface area contributed by atoms with Crippen LogP contribution >= 0.6 is 0 Å². The molecule has 3 aromatic carbocycles. The lowest BCUT2D eigenvalue weighted by atomic mass is 9.93. The molecule has 0 fully saturated rings. The second-order valence-electron chi connectivity index (χ2n) is 9.09. The monoisotopic (exact) mass is 696 g/mol. The molecule has 0 unspecified atom stereocenters. The fraction of sp³-hybridized carbons (Fsp3) is 0.259. The predicted molar refractivity (Wildman–Crippen MR) is 134 cm³/mol. The van der Waals surface area contributed by atoms with Crippen molar-refractivity contribution in [2.75, 3.05) is 16.8 Å². The van der Waals surface area contributed by atoms with E-state index in [-0.39, 0.29) is 0 Å². The van der Waals surface area contributed by atoms with Crippen LogP contribution in [0.2, 0.25) is 0 Å². The summed E-state index contributed by atoms with van der Waals surface area (Å²) in [5.74, 6) is -9.23. The lowest BCUT2D eigenvalue weighted by molar-refractivity contribution is -0.348. The number of carbonyl (C=O) groups excluding carboxylic acids is 2. The third-order valence-corrected chi connectivity index (χ3v) is 6.13. The molecule has 2 amide bonds. The summed E-state index contributed by atoms with van der Waals surface area (Å²) in [5.41, 5.74) is -12.7. The van der Waals surface area contributed by atoms with Gasteiger partial charge in [0.1, 0.15) is 17.2 Å². The molecule has 0 atom stereocenters. The van der Waals surface area contributed by atoms with Gasteiger partial charge < -0.3 is 24.8 Å². The summed E-state index contributed by atoms with van der Waals surface area (Å²) in [6, 6.07) is 5.41. The van der Waals surface area contributed by atoms with Gasteiger partial charge in [-0.2, -0.15) is 35.1 Å². The minimum absolute atomic E-state index is 0.445. The van der Waals surface area contributed by atoms with Crippen LogP contribution in [0.3, 0.4) is 0 Å². The largest absolute Gasteiger partial charge is 0.573 e. The van der Waals surface area contributed by atoms with Crippen LogP contribution in [0, 0.1) is 5.82 Å². The van der Waals surface area contributed by atoms with Gasteiger partial charge in [-0.25, -0.2) is 8.78 Å². The van der Waals surface area contributed by atoms with E-state index in [4.69, 9.17) is 0 Å². The molecule has 3 rings (SSSR count). The molecule has 0 saturated carbocycles. The summed E-state index contributed by atoms with van der Waals surface area (Å²) in [5, 5.41) is 11.7. The van der Waals surface area contributed by atoms with Crippen molar-refractivity contribution in [1.29, 1.82) is 0 Å². The summed E-state index contributed by atoms with van der Waals surface area (Å²) in [7, 11) is 0. The van der Waals surface area contributed by atoms with E-state index >= 15 is 4.39 Å². The molecule has 47 heavy (non-hydrogen) atoms. The minimum atomic E-state index is -6.74. The zero-order chi connectivity index (χ0) is 35.7. The molecule has 0 radical (unpaired) electrons. The summed E-state index contributed by atoms with van der Waals surface area (Å²) in [6.45, 7) is -3.23. The second kappa shape index (κ2) is 13.1. The molecule has 0 aromatic heterocycles. The van der Waals surface area contributed by atoms with Gasteiger partial charge in [-0.15, -0.1) is 13.2 Å². The molecular formula is C27H17F13N2O5. The standard InChI is InChI=1S/C27H17F13N2O5/c1-2-42(22(45)13-6-3-4-9-17(13)47-27(38,39)40)15-8-5-7-14(19(15)28)21(44)41-20-16(43)10-12(11-18(20)46-23(29)30)24(31,25(32,33)34)26(35,36)37/h3-11,23,43H,2H2,1H3,(H,41,44). The van der Waals surface area contributed by atoms with Crippen LogP contribution in [0.25, 0.3) is 0 Å². The Morgan fingerprint density at radius 2 is 1.43 bits per heavy atom. The first-order valence-electron chi connectivity index (χ1n) is 12.4. The number of phenolic OH excluding ortho intramolecular Hbond substituents is 1. The van der Waals surface area contributed by atoms with Gasteiger partial charge in [0.15, 0.2) is 11.6 Å². The quantitative estimate of drug-likeness (QED) is 0.174. The van der Waals surface area contributed by atoms with E-state index < -0.39 is 113 Å². The van der Waals surface area contributed by atoms with Crippen LogP contribution in [-0.4, -0.2) is 48.8 Å². The van der Waals surface area contributed by atoms with Crippen molar-refractivity contribution in [3.63, 3.8) is 0 Å². The van der Waals surface area contributed by atoms with Gasteiger partial charge in [0.2, 0.25) is 0 Å². The number of aromatic hydroxyl groups is 1. The van der Waals surface area contributed by atoms with E-state index in [9.17, 15) is 67.4 Å². The minimum Gasteiger partial charge on any atom is -0.506 e. The molecule has 0 aliphatic heterocycles. The van der Waals surface area contributed by atoms with E-state index in [1.54, 1.807) is 5.32 Å². The van der Waals surface area contributed by atoms with Crippen molar-refractivity contribution >= 4 is 23.2 Å². The average molecular weight is 696 g/mol. The number of benzene rings is 3. The van der Waals surface area contributed by atoms with Gasteiger partial charge in [0, 0.05) is 12.1 Å². The lowest BCUT2D eigenvalue weighted by Crippen LogP contribution is -2.50. The first kappa shape index (κ1) is 36.6. The summed E-state index contributed by atoms with van der Waals surface area (Å²) >= 11 is 0. The molecule has 0 aliphatic carbocycles. The zero-order valence-corrected chi connectivity index (χ0v) is 22.9. The number of anilines is 2. The van der Waals surface area contributed by atoms with E-state index in [0.29, 0.717) is 11.0 Å². The molecule has 256 valence electrons. The highest BCUT2D eigenvalue weighted by Gasteiger charge is 2.73. The number of nitrogens with zero attached hydrogens (tertiary/aromatic N) is 1. The fourth-order valence-electron chi connectivity index (χ4n) is 4.11. The van der Waals surface area contributed by atoms with Crippen LogP contribution in [0.4, 0.5) is 68.5 Å². The molecule has 0 bridgehead atoms. The molecule has 7 nitrogen and oxygen atoms in total. The number of alkyl halides is 12. The Hall–Kier alpha value is -4.91. The third kappa shape index (κ3) is 7.57. The van der Waals surface area contributed by atoms with Crippen molar-refractivity contribution in [3.05, 3.63) is 77.1 Å². The van der Waals surface area contributed by atoms with E-state index in [2.05, 4.69) is 9.47 Å². The Bertz CT molecular complexity index is 1620. The zero-order valence-electron chi connectivity index (χ0n) is 22.9. The van der Waals surface area contributed by atoms with Gasteiger partial charge >= 0.3 is 31.0 Å². The number of nitrogens with one attached hydrogen (secondary N) is 1. The number of hydrogen-bond acceptors (Lipinski definition) is 5. The first-order chi connectivity index (χ1) is 21.5. The molecule has 0 aliphatic rings. The number of carbonyl (C=O) groups is 2. The maximum absolute atomic E-state index is 15.6. The number of para-hydroxylation sites is 1. The highest BCUT2D eigenvalue weighted by molar-refractivity contribution is 6.10. The van der Waals surface area contributed by atoms with Crippen molar-refractivity contribution in [1.82, 2.24) is 0 Å². The number of rotatable bonds is 9. The van der Waals surface area contributed by atoms with E-state index in [1.165, 1.54) is 6.92 Å². The lowest BCUT2D eigenvalue weighted by Gasteiger charge is -2.31. The Balaban J connectivity index is 2.08. The Morgan fingerprint density at radius 3 is 1.96 bits per heavy atom. The number of amides is 2. The second-order valence-corrected chi connectivity index (χ2v) is 9.09. The highest BCUT2D eigenvalue weighted by atomic mass is 19.4. The smallest absolute Gasteiger partial charge is 0.506 e. The maximum atomic E-state index is 15.6. The predicted octanol–water partition coefficient (Wildman–Crippen LogP) is 8.24. The van der Waals surface area contributed by atoms with Crippen LogP contribution in [0.5, 0.6) is 17.2 Å². The molecule has 3 aromatic rings. The van der Waals surface area contributed by atoms with E-state index in [0.717, 1.165) is 36.4 Å². The van der Waals surface area contributed by atoms with Crippen LogP contribution in [-0.2, 0) is 5.67 Å². The molecule has 2 N–H and O–H groups in total. The summed E-state index contributed by atoms with van der Waals surface area (Å²) < 4.78 is 182. The van der Waals surface area contributed by atoms with Crippen molar-refractivity contribution in [3.8, 4) is 17.2 Å². The molecule has 20 heteroatoms. The molecule has 0 spiro atoms. The van der Waals surface area contributed by atoms with Gasteiger partial charge in [-0.1, -0.05) is 18.2 Å². The average Bonchev–Trinajstić information content (AvgIpc) is 2.93. The first-order valence-corrected chi connectivity index (χ1v) is 12.4. The topological polar surface area (TPSA) is 88.1 Å². The van der Waals surface area contributed by atoms with Gasteiger partial charge in [0.25, 0.3) is 11.8 Å². The van der Waals surface area contributed by atoms with Gasteiger partial charge in [-0.05, 0) is 43.3 Å². The highest BCUT2D eigenvalue weighted by Crippen LogP contribution is 2.55. The number of hydrogen-bond donors (Lipinski definition) is 2. The normalized spacial score (nSPS) is 12.6. The number of halogens is 13. The number of ether oxygens (including phenoxy) is 2. The third-order valence-electron chi connectivity index (χ3n) is 6.13. The number of phenols is 1. The van der Waals surface area contributed by atoms with Crippen LogP contribution < -0.4 is 19.7 Å². The van der Waals surface area contributed by atoms with Gasteiger partial charge in [0.05, 0.1) is 16.8 Å². The summed E-state index contributed by atoms with van der Waals surface area (Å²) in [4.78, 5) is 26.7. The van der Waals surface area contributed by atoms with Crippen molar-refractivity contribution in [2.45, 2.75) is 37.9 Å². The molecular weight excluding hydrogens is 679 g/mol. The molecule has 0 saturated heterocycles. The molecule has 0 heterocycles. The van der Waals surface area contributed by atoms with Crippen molar-refractivity contribution in [2.24, 2.45) is 0 Å². The Morgan fingerprint density at radius 1 is 0.851 bits per heavy atom. The fourth-order valence-corrected chi connectivity index (χ4v) is 4.11. The van der Waals surface area contributed by atoms with Crippen molar-refractivity contribution < 1.29 is 81.2 Å². The SMILES string of the molecule is CCN(C(=O)c1ccccc1OC(F)(F)F)c1cccc(C(=O)Nc2c(O)cc(C(F)(C(F)(F)F)C(F)(F)F)cc2OC(F)F)c1F. The van der Waals surface area contributed by atoms with Gasteiger partial charge in [-0.3, -0.25) is 9.59 Å².